The van der Waals surface area contributed by atoms with Gasteiger partial charge in [-0.15, -0.1) is 0 Å². The summed E-state index contributed by atoms with van der Waals surface area (Å²) >= 11 is 4.79. The average Bonchev–Trinajstić information content (AvgIpc) is 2.46. The molecule has 1 amide bonds. The molecule has 4 nitrogen and oxygen atoms in total. The Kier molecular flexibility index (Phi) is 5.03. The number of nitrogens with one attached hydrogen (secondary N) is 1. The topological polar surface area (TPSA) is 64.3 Å². The summed E-state index contributed by atoms with van der Waals surface area (Å²) in [5.74, 6) is -0.503. The third-order valence-electron chi connectivity index (χ3n) is 3.38. The van der Waals surface area contributed by atoms with Crippen LogP contribution in [0.4, 0.5) is 4.39 Å². The van der Waals surface area contributed by atoms with Crippen molar-refractivity contribution in [2.24, 2.45) is 11.7 Å². The van der Waals surface area contributed by atoms with Crippen molar-refractivity contribution in [3.63, 3.8) is 0 Å². The van der Waals surface area contributed by atoms with Crippen LogP contribution in [0.1, 0.15) is 24.0 Å². The molecule has 0 saturated carbocycles. The molecule has 108 valence electrons. The fourth-order valence-corrected chi connectivity index (χ4v) is 2.26. The molecule has 1 saturated heterocycles. The van der Waals surface area contributed by atoms with E-state index in [0.717, 1.165) is 0 Å². The first-order valence-corrected chi connectivity index (χ1v) is 6.92. The largest absolute Gasteiger partial charge is 0.389 e. The molecule has 0 radical (unpaired) electrons. The van der Waals surface area contributed by atoms with E-state index in [-0.39, 0.29) is 23.4 Å². The highest BCUT2D eigenvalue weighted by Gasteiger charge is 2.21. The lowest BCUT2D eigenvalue weighted by Crippen LogP contribution is -2.34. The third kappa shape index (κ3) is 3.74. The maximum absolute atomic E-state index is 13.8. The molecule has 1 aromatic carbocycles. The van der Waals surface area contributed by atoms with Gasteiger partial charge >= 0.3 is 0 Å². The predicted octanol–water partition coefficient (Wildman–Crippen LogP) is 1.50. The standard InChI is InChI=1S/C14H17FN2O2S/c15-12-7-10(13(16)20)1-2-11(12)8-17-14(18)9-3-5-19-6-4-9/h1-2,7,9H,3-6,8H2,(H2,16,20)(H,17,18). The second-order valence-electron chi connectivity index (χ2n) is 4.77. The third-order valence-corrected chi connectivity index (χ3v) is 3.62. The lowest BCUT2D eigenvalue weighted by Gasteiger charge is -2.21. The number of carbonyl (C=O) groups is 1. The molecule has 0 spiro atoms. The van der Waals surface area contributed by atoms with E-state index in [4.69, 9.17) is 22.7 Å². The van der Waals surface area contributed by atoms with Crippen LogP contribution >= 0.6 is 12.2 Å². The van der Waals surface area contributed by atoms with Crippen molar-refractivity contribution in [3.8, 4) is 0 Å². The molecule has 6 heteroatoms. The molecule has 0 aliphatic carbocycles. The van der Waals surface area contributed by atoms with Crippen LogP contribution in [-0.2, 0) is 16.1 Å². The van der Waals surface area contributed by atoms with Crippen LogP contribution in [0.3, 0.4) is 0 Å². The summed E-state index contributed by atoms with van der Waals surface area (Å²) in [7, 11) is 0. The van der Waals surface area contributed by atoms with Gasteiger partial charge in [-0.2, -0.15) is 0 Å². The molecule has 0 atom stereocenters. The zero-order chi connectivity index (χ0) is 14.5. The monoisotopic (exact) mass is 296 g/mol. The molecule has 0 aromatic heterocycles. The van der Waals surface area contributed by atoms with Crippen molar-refractivity contribution < 1.29 is 13.9 Å². The number of amides is 1. The molecule has 3 N–H and O–H groups in total. The summed E-state index contributed by atoms with van der Waals surface area (Å²) in [5, 5.41) is 2.76. The van der Waals surface area contributed by atoms with Crippen molar-refractivity contribution in [1.29, 1.82) is 0 Å². The van der Waals surface area contributed by atoms with Crippen molar-refractivity contribution in [3.05, 3.63) is 35.1 Å². The Morgan fingerprint density at radius 3 is 2.75 bits per heavy atom. The van der Waals surface area contributed by atoms with E-state index < -0.39 is 5.82 Å². The van der Waals surface area contributed by atoms with Crippen LogP contribution in [0.5, 0.6) is 0 Å². The maximum atomic E-state index is 13.8. The van der Waals surface area contributed by atoms with Crippen molar-refractivity contribution in [2.75, 3.05) is 13.2 Å². The smallest absolute Gasteiger partial charge is 0.223 e. The maximum Gasteiger partial charge on any atom is 0.223 e. The van der Waals surface area contributed by atoms with E-state index in [1.807, 2.05) is 0 Å². The summed E-state index contributed by atoms with van der Waals surface area (Å²) in [6.45, 7) is 1.38. The summed E-state index contributed by atoms with van der Waals surface area (Å²) in [4.78, 5) is 12.1. The highest BCUT2D eigenvalue weighted by atomic mass is 32.1. The molecule has 1 aliphatic heterocycles. The molecular weight excluding hydrogens is 279 g/mol. The number of hydrogen-bond donors (Lipinski definition) is 2. The zero-order valence-electron chi connectivity index (χ0n) is 11.0. The Hall–Kier alpha value is -1.53. The minimum absolute atomic E-state index is 0.0392. The van der Waals surface area contributed by atoms with Gasteiger partial charge in [-0.25, -0.2) is 4.39 Å². The minimum atomic E-state index is -0.414. The van der Waals surface area contributed by atoms with Crippen LogP contribution in [0, 0.1) is 11.7 Å². The van der Waals surface area contributed by atoms with Crippen LogP contribution in [0.15, 0.2) is 18.2 Å². The molecule has 1 heterocycles. The fourth-order valence-electron chi connectivity index (χ4n) is 2.13. The van der Waals surface area contributed by atoms with Crippen LogP contribution < -0.4 is 11.1 Å². The van der Waals surface area contributed by atoms with Gasteiger partial charge in [-0.3, -0.25) is 4.79 Å². The van der Waals surface area contributed by atoms with Crippen LogP contribution in [-0.4, -0.2) is 24.1 Å². The van der Waals surface area contributed by atoms with E-state index in [1.54, 1.807) is 12.1 Å². The number of benzene rings is 1. The van der Waals surface area contributed by atoms with Crippen molar-refractivity contribution in [1.82, 2.24) is 5.32 Å². The van der Waals surface area contributed by atoms with Gasteiger partial charge in [0.2, 0.25) is 5.91 Å². The summed E-state index contributed by atoms with van der Waals surface area (Å²) in [6.07, 6.45) is 1.43. The van der Waals surface area contributed by atoms with Crippen molar-refractivity contribution in [2.45, 2.75) is 19.4 Å². The Labute approximate surface area is 122 Å². The second kappa shape index (κ2) is 6.76. The second-order valence-corrected chi connectivity index (χ2v) is 5.21. The molecule has 20 heavy (non-hydrogen) atoms. The van der Waals surface area contributed by atoms with Gasteiger partial charge in [-0.05, 0) is 18.9 Å². The van der Waals surface area contributed by atoms with Gasteiger partial charge < -0.3 is 15.8 Å². The van der Waals surface area contributed by atoms with Crippen molar-refractivity contribution >= 4 is 23.1 Å². The Bertz CT molecular complexity index is 516. The first-order valence-electron chi connectivity index (χ1n) is 6.51. The van der Waals surface area contributed by atoms with Gasteiger partial charge in [-0.1, -0.05) is 24.4 Å². The lowest BCUT2D eigenvalue weighted by molar-refractivity contribution is -0.128. The molecule has 1 aromatic rings. The predicted molar refractivity (Wildman–Crippen MR) is 77.7 cm³/mol. The Balaban J connectivity index is 1.93. The van der Waals surface area contributed by atoms with E-state index in [2.05, 4.69) is 5.32 Å². The quantitative estimate of drug-likeness (QED) is 0.827. The molecule has 0 bridgehead atoms. The normalized spacial score (nSPS) is 15.8. The molecular formula is C14H17FN2O2S. The van der Waals surface area contributed by atoms with Crippen LogP contribution in [0.2, 0.25) is 0 Å². The van der Waals surface area contributed by atoms with Gasteiger partial charge in [0.15, 0.2) is 0 Å². The SMILES string of the molecule is NC(=S)c1ccc(CNC(=O)C2CCOCC2)c(F)c1. The zero-order valence-corrected chi connectivity index (χ0v) is 11.8. The number of halogens is 1. The number of carbonyl (C=O) groups excluding carboxylic acids is 1. The summed E-state index contributed by atoms with van der Waals surface area (Å²) < 4.78 is 19.0. The Morgan fingerprint density at radius 1 is 1.45 bits per heavy atom. The first-order chi connectivity index (χ1) is 9.58. The first kappa shape index (κ1) is 14.9. The average molecular weight is 296 g/mol. The van der Waals surface area contributed by atoms with Gasteiger partial charge in [0, 0.05) is 36.8 Å². The lowest BCUT2D eigenvalue weighted by atomic mass is 9.99. The highest BCUT2D eigenvalue weighted by molar-refractivity contribution is 7.80. The number of hydrogen-bond acceptors (Lipinski definition) is 3. The van der Waals surface area contributed by atoms with E-state index in [9.17, 15) is 9.18 Å². The Morgan fingerprint density at radius 2 is 2.15 bits per heavy atom. The molecule has 2 rings (SSSR count). The highest BCUT2D eigenvalue weighted by Crippen LogP contribution is 2.15. The number of nitrogens with two attached hydrogens (primary N) is 1. The van der Waals surface area contributed by atoms with Gasteiger partial charge in [0.25, 0.3) is 0 Å². The molecule has 1 fully saturated rings. The number of ether oxygens (including phenoxy) is 1. The molecule has 0 unspecified atom stereocenters. The minimum Gasteiger partial charge on any atom is -0.389 e. The number of thiocarbonyl (C=S) groups is 1. The van der Waals surface area contributed by atoms with E-state index >= 15 is 0 Å². The summed E-state index contributed by atoms with van der Waals surface area (Å²) in [6, 6.07) is 4.54. The van der Waals surface area contributed by atoms with E-state index in [0.29, 0.717) is 37.2 Å². The molecule has 1 aliphatic rings. The van der Waals surface area contributed by atoms with E-state index in [1.165, 1.54) is 6.07 Å². The number of rotatable bonds is 4. The van der Waals surface area contributed by atoms with Crippen LogP contribution in [0.25, 0.3) is 0 Å². The van der Waals surface area contributed by atoms with Gasteiger partial charge in [0.1, 0.15) is 10.8 Å². The fraction of sp³-hybridized carbons (Fsp3) is 0.429. The summed E-state index contributed by atoms with van der Waals surface area (Å²) in [5.41, 5.74) is 6.34. The van der Waals surface area contributed by atoms with Gasteiger partial charge in [0.05, 0.1) is 0 Å².